The Bertz CT molecular complexity index is 924. The average molecular weight is 360 g/mol. The first kappa shape index (κ1) is 17.1. The molecule has 0 aliphatic carbocycles. The number of anilines is 1. The van der Waals surface area contributed by atoms with Gasteiger partial charge >= 0.3 is 0 Å². The van der Waals surface area contributed by atoms with Crippen LogP contribution in [0, 0.1) is 6.92 Å². The Kier molecular flexibility index (Phi) is 4.74. The molecule has 1 saturated heterocycles. The van der Waals surface area contributed by atoms with E-state index < -0.39 is 0 Å². The van der Waals surface area contributed by atoms with Gasteiger partial charge in [0.25, 0.3) is 5.91 Å². The van der Waals surface area contributed by atoms with E-state index in [1.54, 1.807) is 24.7 Å². The van der Waals surface area contributed by atoms with Crippen molar-refractivity contribution < 1.29 is 4.79 Å². The molecule has 2 aromatic heterocycles. The Morgan fingerprint density at radius 3 is 2.30 bits per heavy atom. The molecular formula is C20H20N6O. The lowest BCUT2D eigenvalue weighted by atomic mass is 10.1. The van der Waals surface area contributed by atoms with Crippen molar-refractivity contribution in [2.75, 3.05) is 31.1 Å². The quantitative estimate of drug-likeness (QED) is 0.713. The fourth-order valence-corrected chi connectivity index (χ4v) is 3.14. The van der Waals surface area contributed by atoms with Gasteiger partial charge in [-0.3, -0.25) is 4.79 Å². The molecule has 0 radical (unpaired) electrons. The first-order chi connectivity index (χ1) is 13.2. The summed E-state index contributed by atoms with van der Waals surface area (Å²) in [5, 5.41) is 0. The summed E-state index contributed by atoms with van der Waals surface area (Å²) in [4.78, 5) is 34.3. The van der Waals surface area contributed by atoms with Crippen LogP contribution in [-0.2, 0) is 0 Å². The molecule has 0 unspecified atom stereocenters. The smallest absolute Gasteiger partial charge is 0.257 e. The molecule has 0 spiro atoms. The lowest BCUT2D eigenvalue weighted by Crippen LogP contribution is -2.49. The minimum atomic E-state index is -0.0271. The van der Waals surface area contributed by atoms with Crippen LogP contribution in [-0.4, -0.2) is 56.9 Å². The van der Waals surface area contributed by atoms with Crippen LogP contribution in [0.5, 0.6) is 0 Å². The van der Waals surface area contributed by atoms with Crippen LogP contribution in [0.3, 0.4) is 0 Å². The van der Waals surface area contributed by atoms with E-state index in [1.807, 2.05) is 42.2 Å². The largest absolute Gasteiger partial charge is 0.337 e. The molecule has 3 heterocycles. The topological polar surface area (TPSA) is 75.1 Å². The molecule has 136 valence electrons. The van der Waals surface area contributed by atoms with Crippen LogP contribution < -0.4 is 4.90 Å². The van der Waals surface area contributed by atoms with Crippen molar-refractivity contribution in [3.63, 3.8) is 0 Å². The minimum Gasteiger partial charge on any atom is -0.337 e. The molecular weight excluding hydrogens is 340 g/mol. The third-order valence-corrected chi connectivity index (χ3v) is 4.64. The monoisotopic (exact) mass is 360 g/mol. The van der Waals surface area contributed by atoms with Gasteiger partial charge in [0.1, 0.15) is 0 Å². The van der Waals surface area contributed by atoms with Crippen LogP contribution in [0.4, 0.5) is 5.95 Å². The first-order valence-corrected chi connectivity index (χ1v) is 8.92. The van der Waals surface area contributed by atoms with E-state index in [0.29, 0.717) is 49.2 Å². The molecule has 1 fully saturated rings. The number of benzene rings is 1. The second-order valence-corrected chi connectivity index (χ2v) is 6.39. The van der Waals surface area contributed by atoms with Gasteiger partial charge in [-0.25, -0.2) is 19.9 Å². The van der Waals surface area contributed by atoms with Crippen molar-refractivity contribution in [3.05, 3.63) is 66.2 Å². The van der Waals surface area contributed by atoms with E-state index in [2.05, 4.69) is 24.8 Å². The van der Waals surface area contributed by atoms with E-state index in [-0.39, 0.29) is 5.91 Å². The van der Waals surface area contributed by atoms with Gasteiger partial charge in [0.2, 0.25) is 5.95 Å². The molecule has 0 saturated carbocycles. The summed E-state index contributed by atoms with van der Waals surface area (Å²) < 4.78 is 0. The maximum atomic E-state index is 12.9. The van der Waals surface area contributed by atoms with Crippen LogP contribution in [0.15, 0.2) is 55.0 Å². The average Bonchev–Trinajstić information content (AvgIpc) is 2.74. The van der Waals surface area contributed by atoms with Crippen molar-refractivity contribution in [2.24, 2.45) is 0 Å². The molecule has 4 rings (SSSR count). The molecule has 1 aliphatic heterocycles. The summed E-state index contributed by atoms with van der Waals surface area (Å²) in [6.07, 6.45) is 5.10. The number of piperazine rings is 1. The van der Waals surface area contributed by atoms with E-state index >= 15 is 0 Å². The molecule has 0 atom stereocenters. The molecule has 1 aromatic carbocycles. The van der Waals surface area contributed by atoms with E-state index in [0.717, 1.165) is 5.56 Å². The molecule has 27 heavy (non-hydrogen) atoms. The van der Waals surface area contributed by atoms with Gasteiger partial charge in [-0.1, -0.05) is 30.3 Å². The molecule has 7 nitrogen and oxygen atoms in total. The Hall–Kier alpha value is -3.35. The summed E-state index contributed by atoms with van der Waals surface area (Å²) in [5.74, 6) is 1.31. The van der Waals surface area contributed by atoms with Gasteiger partial charge in [0.05, 0.1) is 11.3 Å². The molecule has 1 aliphatic rings. The second kappa shape index (κ2) is 7.49. The zero-order chi connectivity index (χ0) is 18.6. The molecule has 0 N–H and O–H groups in total. The summed E-state index contributed by atoms with van der Waals surface area (Å²) in [6.45, 7) is 4.51. The summed E-state index contributed by atoms with van der Waals surface area (Å²) >= 11 is 0. The van der Waals surface area contributed by atoms with Gasteiger partial charge in [-0.2, -0.15) is 0 Å². The third kappa shape index (κ3) is 3.62. The highest BCUT2D eigenvalue weighted by molar-refractivity contribution is 5.95. The van der Waals surface area contributed by atoms with Crippen molar-refractivity contribution in [1.29, 1.82) is 0 Å². The molecule has 1 amide bonds. The highest BCUT2D eigenvalue weighted by Gasteiger charge is 2.25. The number of rotatable bonds is 3. The molecule has 7 heteroatoms. The Balaban J connectivity index is 1.46. The predicted molar refractivity (Wildman–Crippen MR) is 102 cm³/mol. The van der Waals surface area contributed by atoms with Crippen molar-refractivity contribution >= 4 is 11.9 Å². The fraction of sp³-hybridized carbons (Fsp3) is 0.250. The number of hydrogen-bond donors (Lipinski definition) is 0. The Morgan fingerprint density at radius 1 is 0.926 bits per heavy atom. The highest BCUT2D eigenvalue weighted by atomic mass is 16.2. The standard InChI is InChI=1S/C20H20N6O/c1-15-17(14-23-18(24-15)16-6-3-2-4-7-16)19(27)25-10-12-26(13-11-25)20-21-8-5-9-22-20/h2-9,14H,10-13H2,1H3. The van der Waals surface area contributed by atoms with Gasteiger partial charge in [-0.15, -0.1) is 0 Å². The number of aryl methyl sites for hydroxylation is 1. The summed E-state index contributed by atoms with van der Waals surface area (Å²) in [7, 11) is 0. The molecule has 3 aromatic rings. The van der Waals surface area contributed by atoms with Crippen LogP contribution in [0.1, 0.15) is 16.1 Å². The number of hydrogen-bond acceptors (Lipinski definition) is 6. The number of carbonyl (C=O) groups is 1. The third-order valence-electron chi connectivity index (χ3n) is 4.64. The zero-order valence-electron chi connectivity index (χ0n) is 15.1. The number of aromatic nitrogens is 4. The second-order valence-electron chi connectivity index (χ2n) is 6.39. The normalized spacial score (nSPS) is 14.3. The number of carbonyl (C=O) groups excluding carboxylic acids is 1. The maximum Gasteiger partial charge on any atom is 0.257 e. The van der Waals surface area contributed by atoms with Crippen LogP contribution >= 0.6 is 0 Å². The van der Waals surface area contributed by atoms with Crippen LogP contribution in [0.25, 0.3) is 11.4 Å². The summed E-state index contributed by atoms with van der Waals surface area (Å²) in [6, 6.07) is 11.6. The zero-order valence-corrected chi connectivity index (χ0v) is 15.1. The lowest BCUT2D eigenvalue weighted by molar-refractivity contribution is 0.0744. The van der Waals surface area contributed by atoms with Crippen molar-refractivity contribution in [1.82, 2.24) is 24.8 Å². The van der Waals surface area contributed by atoms with Gasteiger partial charge in [0.15, 0.2) is 5.82 Å². The number of nitrogens with zero attached hydrogens (tertiary/aromatic N) is 6. The lowest BCUT2D eigenvalue weighted by Gasteiger charge is -2.34. The fourth-order valence-electron chi connectivity index (χ4n) is 3.14. The SMILES string of the molecule is Cc1nc(-c2ccccc2)ncc1C(=O)N1CCN(c2ncccn2)CC1. The van der Waals surface area contributed by atoms with Crippen molar-refractivity contribution in [2.45, 2.75) is 6.92 Å². The van der Waals surface area contributed by atoms with Crippen molar-refractivity contribution in [3.8, 4) is 11.4 Å². The number of amides is 1. The van der Waals surface area contributed by atoms with Gasteiger partial charge < -0.3 is 9.80 Å². The van der Waals surface area contributed by atoms with Gasteiger partial charge in [0, 0.05) is 50.3 Å². The van der Waals surface area contributed by atoms with Gasteiger partial charge in [-0.05, 0) is 13.0 Å². The summed E-state index contributed by atoms with van der Waals surface area (Å²) in [5.41, 5.74) is 2.19. The minimum absolute atomic E-state index is 0.0271. The Morgan fingerprint density at radius 2 is 1.63 bits per heavy atom. The van der Waals surface area contributed by atoms with E-state index in [4.69, 9.17) is 0 Å². The van der Waals surface area contributed by atoms with E-state index in [1.165, 1.54) is 0 Å². The van der Waals surface area contributed by atoms with E-state index in [9.17, 15) is 4.79 Å². The highest BCUT2D eigenvalue weighted by Crippen LogP contribution is 2.18. The predicted octanol–water partition coefficient (Wildman–Crippen LogP) is 2.20. The maximum absolute atomic E-state index is 12.9. The van der Waals surface area contributed by atoms with Crippen LogP contribution in [0.2, 0.25) is 0 Å². The first-order valence-electron chi connectivity index (χ1n) is 8.92. The Labute approximate surface area is 157 Å². The molecule has 0 bridgehead atoms.